The predicted octanol–water partition coefficient (Wildman–Crippen LogP) is 3.64. The van der Waals surface area contributed by atoms with Gasteiger partial charge in [0.15, 0.2) is 5.65 Å². The molecule has 0 spiro atoms. The first-order valence-electron chi connectivity index (χ1n) is 11.1. The van der Waals surface area contributed by atoms with E-state index in [4.69, 9.17) is 14.7 Å². The van der Waals surface area contributed by atoms with Crippen LogP contribution < -0.4 is 4.90 Å². The van der Waals surface area contributed by atoms with Gasteiger partial charge >= 0.3 is 6.09 Å². The zero-order valence-electron chi connectivity index (χ0n) is 19.3. The van der Waals surface area contributed by atoms with E-state index in [2.05, 4.69) is 20.9 Å². The number of hydrogen-bond acceptors (Lipinski definition) is 7. The third-order valence-electron chi connectivity index (χ3n) is 5.63. The molecule has 0 radical (unpaired) electrons. The molecular weight excluding hydrogens is 418 g/mol. The number of carbonyl (C=O) groups excluding carboxylic acids is 1. The lowest BCUT2D eigenvalue weighted by molar-refractivity contribution is 0.0240. The number of benzene rings is 1. The van der Waals surface area contributed by atoms with Gasteiger partial charge in [-0.15, -0.1) is 0 Å². The lowest BCUT2D eigenvalue weighted by Crippen LogP contribution is -2.50. The third kappa shape index (κ3) is 4.18. The lowest BCUT2D eigenvalue weighted by Gasteiger charge is -2.35. The molecule has 4 aromatic rings. The minimum absolute atomic E-state index is 0.284. The van der Waals surface area contributed by atoms with Crippen molar-refractivity contribution in [2.24, 2.45) is 7.05 Å². The van der Waals surface area contributed by atoms with Crippen molar-refractivity contribution in [2.45, 2.75) is 26.4 Å². The fourth-order valence-electron chi connectivity index (χ4n) is 3.95. The topological polar surface area (TPSA) is 89.3 Å². The number of ether oxygens (including phenoxy) is 1. The van der Waals surface area contributed by atoms with Crippen LogP contribution in [0.1, 0.15) is 20.8 Å². The fraction of sp³-hybridized carbons (Fsp3) is 0.375. The number of imidazole rings is 1. The number of rotatable bonds is 2. The van der Waals surface area contributed by atoms with Crippen molar-refractivity contribution in [1.29, 1.82) is 0 Å². The van der Waals surface area contributed by atoms with Gasteiger partial charge in [-0.2, -0.15) is 4.98 Å². The third-order valence-corrected chi connectivity index (χ3v) is 5.63. The van der Waals surface area contributed by atoms with Crippen molar-refractivity contribution in [1.82, 2.24) is 29.4 Å². The molecule has 0 bridgehead atoms. The Kier molecular flexibility index (Phi) is 5.11. The number of piperazine rings is 1. The number of amides is 1. The van der Waals surface area contributed by atoms with Gasteiger partial charge in [-0.3, -0.25) is 4.98 Å². The van der Waals surface area contributed by atoms with Crippen molar-refractivity contribution < 1.29 is 9.53 Å². The van der Waals surface area contributed by atoms with E-state index in [0.717, 1.165) is 33.3 Å². The number of carbonyl (C=O) groups is 1. The number of nitrogens with zero attached hydrogens (tertiary/aromatic N) is 7. The molecule has 0 aliphatic carbocycles. The number of para-hydroxylation sites is 1. The van der Waals surface area contributed by atoms with Crippen LogP contribution in [-0.4, -0.2) is 67.3 Å². The Morgan fingerprint density at radius 1 is 1.03 bits per heavy atom. The zero-order chi connectivity index (χ0) is 23.2. The summed E-state index contributed by atoms with van der Waals surface area (Å²) in [6.07, 6.45) is 3.30. The molecule has 5 rings (SSSR count). The van der Waals surface area contributed by atoms with Crippen molar-refractivity contribution in [3.05, 3.63) is 42.9 Å². The highest BCUT2D eigenvalue weighted by Crippen LogP contribution is 2.29. The second-order valence-electron chi connectivity index (χ2n) is 9.27. The molecule has 0 atom stereocenters. The van der Waals surface area contributed by atoms with Gasteiger partial charge in [0, 0.05) is 50.4 Å². The van der Waals surface area contributed by atoms with Gasteiger partial charge in [0.1, 0.15) is 16.8 Å². The van der Waals surface area contributed by atoms with E-state index in [0.29, 0.717) is 32.1 Å². The van der Waals surface area contributed by atoms with E-state index < -0.39 is 5.60 Å². The summed E-state index contributed by atoms with van der Waals surface area (Å²) in [5, 5.41) is 1.05. The molecule has 0 saturated carbocycles. The molecule has 4 heterocycles. The van der Waals surface area contributed by atoms with E-state index >= 15 is 0 Å². The summed E-state index contributed by atoms with van der Waals surface area (Å²) in [6.45, 7) is 7.98. The van der Waals surface area contributed by atoms with E-state index in [9.17, 15) is 4.79 Å². The molecule has 9 heteroatoms. The molecule has 0 N–H and O–H groups in total. The van der Waals surface area contributed by atoms with Crippen molar-refractivity contribution in [3.8, 4) is 11.3 Å². The number of fused-ring (bicyclic) bond motifs is 2. The Balaban J connectivity index is 1.46. The summed E-state index contributed by atoms with van der Waals surface area (Å²) in [7, 11) is 1.93. The van der Waals surface area contributed by atoms with Crippen LogP contribution in [0.5, 0.6) is 0 Å². The summed E-state index contributed by atoms with van der Waals surface area (Å²) >= 11 is 0. The second-order valence-corrected chi connectivity index (χ2v) is 9.27. The Bertz CT molecular complexity index is 1330. The summed E-state index contributed by atoms with van der Waals surface area (Å²) in [5.41, 5.74) is 3.58. The van der Waals surface area contributed by atoms with Crippen LogP contribution in [0, 0.1) is 0 Å². The minimum Gasteiger partial charge on any atom is -0.444 e. The van der Waals surface area contributed by atoms with E-state index in [1.165, 1.54) is 0 Å². The predicted molar refractivity (Wildman–Crippen MR) is 127 cm³/mol. The second kappa shape index (κ2) is 7.99. The normalized spacial score (nSPS) is 14.8. The van der Waals surface area contributed by atoms with E-state index in [1.54, 1.807) is 11.2 Å². The molecule has 3 aromatic heterocycles. The lowest BCUT2D eigenvalue weighted by atomic mass is 10.1. The summed E-state index contributed by atoms with van der Waals surface area (Å²) < 4.78 is 7.41. The molecule has 1 fully saturated rings. The van der Waals surface area contributed by atoms with E-state index in [1.807, 2.05) is 62.8 Å². The summed E-state index contributed by atoms with van der Waals surface area (Å²) in [4.78, 5) is 35.1. The Morgan fingerprint density at radius 2 is 1.79 bits per heavy atom. The first-order valence-corrected chi connectivity index (χ1v) is 11.1. The van der Waals surface area contributed by atoms with Gasteiger partial charge in [0.05, 0.1) is 11.8 Å². The molecule has 1 amide bonds. The maximum Gasteiger partial charge on any atom is 0.410 e. The highest BCUT2D eigenvalue weighted by molar-refractivity contribution is 5.91. The first kappa shape index (κ1) is 21.1. The summed E-state index contributed by atoms with van der Waals surface area (Å²) in [6, 6.07) is 10.1. The number of aryl methyl sites for hydroxylation is 1. The summed E-state index contributed by atoms with van der Waals surface area (Å²) in [5.74, 6) is 0.623. The molecule has 33 heavy (non-hydrogen) atoms. The molecule has 9 nitrogen and oxygen atoms in total. The average molecular weight is 446 g/mol. The molecular formula is C24H27N7O2. The number of aromatic nitrogens is 5. The standard InChI is InChI=1S/C24H27N7O2/c1-24(2,3)33-23(32)31-11-9-30(10-12-31)22-27-19(20-21(28-22)29(4)15-26-20)17-13-16-7-5-6-8-18(16)25-14-17/h5-8,13-15H,9-12H2,1-4H3. The SMILES string of the molecule is Cn1cnc2c(-c3cnc4ccccc4c3)nc(N3CCN(C(=O)OC(C)(C)C)CC3)nc21. The number of pyridine rings is 1. The highest BCUT2D eigenvalue weighted by atomic mass is 16.6. The van der Waals surface area contributed by atoms with Crippen LogP contribution in [0.2, 0.25) is 0 Å². The first-order chi connectivity index (χ1) is 15.8. The van der Waals surface area contributed by atoms with Crippen molar-refractivity contribution >= 4 is 34.1 Å². The smallest absolute Gasteiger partial charge is 0.410 e. The Morgan fingerprint density at radius 3 is 2.55 bits per heavy atom. The van der Waals surface area contributed by atoms with Crippen molar-refractivity contribution in [2.75, 3.05) is 31.1 Å². The van der Waals surface area contributed by atoms with Crippen LogP contribution >= 0.6 is 0 Å². The van der Waals surface area contributed by atoms with Crippen LogP contribution in [0.15, 0.2) is 42.9 Å². The zero-order valence-corrected chi connectivity index (χ0v) is 19.3. The molecule has 0 unspecified atom stereocenters. The number of hydrogen-bond donors (Lipinski definition) is 0. The molecule has 1 aliphatic rings. The van der Waals surface area contributed by atoms with Crippen LogP contribution in [0.3, 0.4) is 0 Å². The van der Waals surface area contributed by atoms with Gasteiger partial charge in [-0.25, -0.2) is 14.8 Å². The fourth-order valence-corrected chi connectivity index (χ4v) is 3.95. The van der Waals surface area contributed by atoms with Crippen LogP contribution in [-0.2, 0) is 11.8 Å². The molecule has 1 aromatic carbocycles. The monoisotopic (exact) mass is 445 g/mol. The van der Waals surface area contributed by atoms with Gasteiger partial charge in [-0.05, 0) is 32.9 Å². The van der Waals surface area contributed by atoms with Gasteiger partial charge in [0.25, 0.3) is 0 Å². The maximum atomic E-state index is 12.4. The van der Waals surface area contributed by atoms with Crippen molar-refractivity contribution in [3.63, 3.8) is 0 Å². The minimum atomic E-state index is -0.509. The van der Waals surface area contributed by atoms with Gasteiger partial charge in [0.2, 0.25) is 5.95 Å². The van der Waals surface area contributed by atoms with Crippen LogP contribution in [0.4, 0.5) is 10.7 Å². The molecule has 1 aliphatic heterocycles. The Hall–Kier alpha value is -3.75. The van der Waals surface area contributed by atoms with Gasteiger partial charge < -0.3 is 19.1 Å². The quantitative estimate of drug-likeness (QED) is 0.465. The largest absolute Gasteiger partial charge is 0.444 e. The van der Waals surface area contributed by atoms with Gasteiger partial charge in [-0.1, -0.05) is 18.2 Å². The van der Waals surface area contributed by atoms with E-state index in [-0.39, 0.29) is 6.09 Å². The average Bonchev–Trinajstić information content (AvgIpc) is 3.18. The maximum absolute atomic E-state index is 12.4. The molecule has 1 saturated heterocycles. The Labute approximate surface area is 192 Å². The number of anilines is 1. The molecule has 170 valence electrons. The van der Waals surface area contributed by atoms with Crippen LogP contribution in [0.25, 0.3) is 33.3 Å². The highest BCUT2D eigenvalue weighted by Gasteiger charge is 2.27.